The van der Waals surface area contributed by atoms with Gasteiger partial charge in [-0.15, -0.1) is 0 Å². The molecule has 0 atom stereocenters. The number of aryl methyl sites for hydroxylation is 2. The average molecular weight is 355 g/mol. The third kappa shape index (κ3) is 4.29. The van der Waals surface area contributed by atoms with Crippen LogP contribution in [-0.2, 0) is 10.0 Å². The molecule has 1 saturated heterocycles. The van der Waals surface area contributed by atoms with Crippen LogP contribution in [0.4, 0.5) is 0 Å². The van der Waals surface area contributed by atoms with E-state index >= 15 is 0 Å². The van der Waals surface area contributed by atoms with Crippen molar-refractivity contribution in [1.29, 1.82) is 0 Å². The van der Waals surface area contributed by atoms with Gasteiger partial charge in [0.05, 0.1) is 12.0 Å². The van der Waals surface area contributed by atoms with Crippen molar-refractivity contribution in [3.63, 3.8) is 0 Å². The molecule has 0 unspecified atom stereocenters. The predicted octanol–water partition coefficient (Wildman–Crippen LogP) is 2.90. The van der Waals surface area contributed by atoms with E-state index in [9.17, 15) is 8.42 Å². The summed E-state index contributed by atoms with van der Waals surface area (Å²) in [6, 6.07) is 3.25. The van der Waals surface area contributed by atoms with Gasteiger partial charge in [-0.25, -0.2) is 13.1 Å². The first-order valence-corrected chi connectivity index (χ1v) is 9.80. The molecule has 1 aromatic rings. The molecule has 1 aliphatic rings. The van der Waals surface area contributed by atoms with Crippen LogP contribution < -0.4 is 14.8 Å². The molecule has 5 nitrogen and oxygen atoms in total. The number of sulfonamides is 1. The summed E-state index contributed by atoms with van der Waals surface area (Å²) in [7, 11) is -1.97. The summed E-state index contributed by atoms with van der Waals surface area (Å²) in [6.45, 7) is 12.2. The van der Waals surface area contributed by atoms with E-state index in [1.807, 2.05) is 13.8 Å². The third-order valence-electron chi connectivity index (χ3n) is 4.46. The van der Waals surface area contributed by atoms with Gasteiger partial charge in [-0.05, 0) is 77.6 Å². The number of hydrogen-bond donors (Lipinski definition) is 2. The van der Waals surface area contributed by atoms with Crippen LogP contribution in [0.5, 0.6) is 5.75 Å². The first-order chi connectivity index (χ1) is 10.9. The molecule has 136 valence electrons. The summed E-state index contributed by atoms with van der Waals surface area (Å²) in [5, 5.41) is 3.57. The number of hydrogen-bond acceptors (Lipinski definition) is 4. The van der Waals surface area contributed by atoms with Gasteiger partial charge in [0.25, 0.3) is 0 Å². The quantitative estimate of drug-likeness (QED) is 0.872. The number of piperidine rings is 1. The van der Waals surface area contributed by atoms with Gasteiger partial charge in [-0.3, -0.25) is 0 Å². The van der Waals surface area contributed by atoms with Crippen LogP contribution in [0.1, 0.15) is 51.7 Å². The number of nitrogens with one attached hydrogen (secondary N) is 2. The van der Waals surface area contributed by atoms with Gasteiger partial charge in [0, 0.05) is 17.1 Å². The zero-order valence-corrected chi connectivity index (χ0v) is 16.6. The van der Waals surface area contributed by atoms with Gasteiger partial charge in [-0.2, -0.15) is 0 Å². The fourth-order valence-corrected chi connectivity index (χ4v) is 5.49. The Morgan fingerprint density at radius 2 is 1.54 bits per heavy atom. The first-order valence-electron chi connectivity index (χ1n) is 8.32. The van der Waals surface area contributed by atoms with Crippen molar-refractivity contribution >= 4 is 10.0 Å². The molecule has 1 aliphatic heterocycles. The maximum atomic E-state index is 12.9. The van der Waals surface area contributed by atoms with Gasteiger partial charge < -0.3 is 10.1 Å². The molecule has 0 saturated carbocycles. The molecular weight excluding hydrogens is 324 g/mol. The lowest BCUT2D eigenvalue weighted by atomic mass is 9.80. The fraction of sp³-hybridized carbons (Fsp3) is 0.667. The minimum absolute atomic E-state index is 0.0936. The number of ether oxygens (including phenoxy) is 1. The van der Waals surface area contributed by atoms with Gasteiger partial charge in [0.2, 0.25) is 10.0 Å². The molecule has 1 heterocycles. The predicted molar refractivity (Wildman–Crippen MR) is 97.1 cm³/mol. The van der Waals surface area contributed by atoms with E-state index in [0.717, 1.165) is 29.7 Å². The SMILES string of the molecule is COc1c(C)cc(S(=O)(=O)NC2CC(C)(C)NC(C)(C)C2)cc1C. The number of rotatable bonds is 4. The van der Waals surface area contributed by atoms with Crippen LogP contribution in [0.15, 0.2) is 17.0 Å². The van der Waals surface area contributed by atoms with Crippen LogP contribution >= 0.6 is 0 Å². The zero-order chi connectivity index (χ0) is 18.3. The van der Waals surface area contributed by atoms with Gasteiger partial charge in [0.1, 0.15) is 5.75 Å². The van der Waals surface area contributed by atoms with Crippen LogP contribution in [0.2, 0.25) is 0 Å². The fourth-order valence-electron chi connectivity index (χ4n) is 4.08. The first kappa shape index (κ1) is 19.2. The molecule has 0 aliphatic carbocycles. The van der Waals surface area contributed by atoms with E-state index in [-0.39, 0.29) is 17.1 Å². The van der Waals surface area contributed by atoms with Crippen LogP contribution in [0, 0.1) is 13.8 Å². The molecule has 2 rings (SSSR count). The van der Waals surface area contributed by atoms with Gasteiger partial charge in [-0.1, -0.05) is 0 Å². The molecule has 1 aromatic carbocycles. The monoisotopic (exact) mass is 354 g/mol. The Morgan fingerprint density at radius 1 is 1.08 bits per heavy atom. The second-order valence-electron chi connectivity index (χ2n) is 8.21. The number of benzene rings is 1. The van der Waals surface area contributed by atoms with E-state index in [4.69, 9.17) is 4.74 Å². The lowest BCUT2D eigenvalue weighted by Crippen LogP contribution is -2.62. The highest BCUT2D eigenvalue weighted by atomic mass is 32.2. The molecule has 2 N–H and O–H groups in total. The number of methoxy groups -OCH3 is 1. The maximum Gasteiger partial charge on any atom is 0.240 e. The summed E-state index contributed by atoms with van der Waals surface area (Å²) >= 11 is 0. The topological polar surface area (TPSA) is 67.4 Å². The molecule has 0 aromatic heterocycles. The Morgan fingerprint density at radius 3 is 1.96 bits per heavy atom. The lowest BCUT2D eigenvalue weighted by molar-refractivity contribution is 0.157. The highest BCUT2D eigenvalue weighted by Crippen LogP contribution is 2.31. The highest BCUT2D eigenvalue weighted by Gasteiger charge is 2.39. The average Bonchev–Trinajstić information content (AvgIpc) is 2.33. The highest BCUT2D eigenvalue weighted by molar-refractivity contribution is 7.89. The molecule has 1 fully saturated rings. The molecule has 0 amide bonds. The van der Waals surface area contributed by atoms with Crippen LogP contribution in [0.25, 0.3) is 0 Å². The molecule has 0 spiro atoms. The summed E-state index contributed by atoms with van der Waals surface area (Å²) in [5.74, 6) is 0.734. The smallest absolute Gasteiger partial charge is 0.240 e. The van der Waals surface area contributed by atoms with E-state index in [1.165, 1.54) is 0 Å². The minimum atomic E-state index is -3.56. The van der Waals surface area contributed by atoms with Gasteiger partial charge >= 0.3 is 0 Å². The minimum Gasteiger partial charge on any atom is -0.496 e. The van der Waals surface area contributed by atoms with E-state index < -0.39 is 10.0 Å². The Labute approximate surface area is 146 Å². The maximum absolute atomic E-state index is 12.9. The lowest BCUT2D eigenvalue weighted by Gasteiger charge is -2.46. The Hall–Kier alpha value is -1.11. The van der Waals surface area contributed by atoms with Crippen molar-refractivity contribution in [2.45, 2.75) is 76.4 Å². The summed E-state index contributed by atoms with van der Waals surface area (Å²) < 4.78 is 33.9. The van der Waals surface area contributed by atoms with Crippen molar-refractivity contribution in [3.05, 3.63) is 23.3 Å². The summed E-state index contributed by atoms with van der Waals surface area (Å²) in [5.41, 5.74) is 1.43. The largest absolute Gasteiger partial charge is 0.496 e. The normalized spacial score (nSPS) is 20.8. The third-order valence-corrected chi connectivity index (χ3v) is 5.96. The standard InChI is InChI=1S/C18H30N2O3S/c1-12-8-15(9-13(2)16(12)23-7)24(21,22)19-14-10-17(3,4)20-18(5,6)11-14/h8-9,14,19-20H,10-11H2,1-7H3. The van der Waals surface area contributed by atoms with E-state index in [0.29, 0.717) is 4.90 Å². The van der Waals surface area contributed by atoms with Gasteiger partial charge in [0.15, 0.2) is 0 Å². The van der Waals surface area contributed by atoms with Crippen molar-refractivity contribution in [1.82, 2.24) is 10.0 Å². The molecule has 6 heteroatoms. The molecular formula is C18H30N2O3S. The molecule has 24 heavy (non-hydrogen) atoms. The van der Waals surface area contributed by atoms with E-state index in [2.05, 4.69) is 37.7 Å². The Kier molecular flexibility index (Phi) is 5.06. The summed E-state index contributed by atoms with van der Waals surface area (Å²) in [4.78, 5) is 0.299. The van der Waals surface area contributed by atoms with Crippen molar-refractivity contribution < 1.29 is 13.2 Å². The Bertz CT molecular complexity index is 685. The second kappa shape index (κ2) is 6.32. The second-order valence-corrected chi connectivity index (χ2v) is 9.92. The van der Waals surface area contributed by atoms with Crippen molar-refractivity contribution in [2.24, 2.45) is 0 Å². The molecule has 0 radical (unpaired) electrons. The van der Waals surface area contributed by atoms with Crippen molar-refractivity contribution in [2.75, 3.05) is 7.11 Å². The Balaban J connectivity index is 2.29. The zero-order valence-electron chi connectivity index (χ0n) is 15.8. The molecule has 0 bridgehead atoms. The van der Waals surface area contributed by atoms with Crippen LogP contribution in [0.3, 0.4) is 0 Å². The van der Waals surface area contributed by atoms with Crippen molar-refractivity contribution in [3.8, 4) is 5.75 Å². The van der Waals surface area contributed by atoms with Crippen LogP contribution in [-0.4, -0.2) is 32.6 Å². The summed E-state index contributed by atoms with van der Waals surface area (Å²) in [6.07, 6.45) is 1.51. The van der Waals surface area contributed by atoms with E-state index in [1.54, 1.807) is 19.2 Å².